The molecule has 20 heavy (non-hydrogen) atoms. The van der Waals surface area contributed by atoms with Crippen LogP contribution in [0.25, 0.3) is 0 Å². The number of halogens is 1. The summed E-state index contributed by atoms with van der Waals surface area (Å²) in [6.07, 6.45) is 1.16. The lowest BCUT2D eigenvalue weighted by Crippen LogP contribution is -2.63. The molecule has 0 saturated carbocycles. The van der Waals surface area contributed by atoms with Crippen LogP contribution in [0.4, 0.5) is 4.39 Å². The molecule has 1 fully saturated rings. The zero-order valence-corrected chi connectivity index (χ0v) is 12.9. The van der Waals surface area contributed by atoms with Crippen molar-refractivity contribution in [2.45, 2.75) is 38.8 Å². The zero-order valence-electron chi connectivity index (χ0n) is 12.9. The van der Waals surface area contributed by atoms with Gasteiger partial charge < -0.3 is 5.32 Å². The van der Waals surface area contributed by atoms with Crippen molar-refractivity contribution in [3.8, 4) is 0 Å². The summed E-state index contributed by atoms with van der Waals surface area (Å²) in [5.41, 5.74) is 1.15. The molecule has 0 radical (unpaired) electrons. The van der Waals surface area contributed by atoms with Gasteiger partial charge in [0.05, 0.1) is 5.54 Å². The second-order valence-corrected chi connectivity index (χ2v) is 6.15. The third-order valence-electron chi connectivity index (χ3n) is 4.90. The maximum atomic E-state index is 13.0. The van der Waals surface area contributed by atoms with E-state index in [2.05, 4.69) is 55.3 Å². The highest BCUT2D eigenvalue weighted by Gasteiger charge is 2.39. The molecule has 0 aromatic heterocycles. The SMILES string of the molecule is CCC(C)C1CN(CCF)C(C)(c2ccccc2)CN1. The van der Waals surface area contributed by atoms with E-state index in [9.17, 15) is 4.39 Å². The number of nitrogens with one attached hydrogen (secondary N) is 1. The Kier molecular flexibility index (Phi) is 5.17. The summed E-state index contributed by atoms with van der Waals surface area (Å²) >= 11 is 0. The molecule has 3 unspecified atom stereocenters. The molecule has 2 rings (SSSR count). The van der Waals surface area contributed by atoms with E-state index >= 15 is 0 Å². The maximum Gasteiger partial charge on any atom is 0.102 e. The van der Waals surface area contributed by atoms with E-state index in [0.717, 1.165) is 19.5 Å². The molecular formula is C17H27FN2. The minimum atomic E-state index is -0.282. The molecule has 1 aromatic carbocycles. The Hall–Kier alpha value is -0.930. The van der Waals surface area contributed by atoms with Gasteiger partial charge in [-0.05, 0) is 18.4 Å². The van der Waals surface area contributed by atoms with Crippen molar-refractivity contribution in [1.82, 2.24) is 10.2 Å². The number of nitrogens with zero attached hydrogens (tertiary/aromatic N) is 1. The number of benzene rings is 1. The van der Waals surface area contributed by atoms with Crippen LogP contribution >= 0.6 is 0 Å². The summed E-state index contributed by atoms with van der Waals surface area (Å²) in [4.78, 5) is 2.32. The number of rotatable bonds is 5. The lowest BCUT2D eigenvalue weighted by atomic mass is 9.84. The molecule has 112 valence electrons. The van der Waals surface area contributed by atoms with Crippen molar-refractivity contribution >= 4 is 0 Å². The van der Waals surface area contributed by atoms with E-state index in [1.807, 2.05) is 6.07 Å². The van der Waals surface area contributed by atoms with Crippen LogP contribution < -0.4 is 5.32 Å². The molecule has 2 nitrogen and oxygen atoms in total. The van der Waals surface area contributed by atoms with E-state index in [1.54, 1.807) is 0 Å². The average Bonchev–Trinajstić information content (AvgIpc) is 2.50. The predicted molar refractivity (Wildman–Crippen MR) is 82.6 cm³/mol. The Labute approximate surface area is 122 Å². The Morgan fingerprint density at radius 3 is 2.70 bits per heavy atom. The minimum Gasteiger partial charge on any atom is -0.310 e. The summed E-state index contributed by atoms with van der Waals surface area (Å²) in [6, 6.07) is 10.9. The Balaban J connectivity index is 2.21. The van der Waals surface area contributed by atoms with Crippen LogP contribution in [0.1, 0.15) is 32.8 Å². The minimum absolute atomic E-state index is 0.114. The molecule has 0 bridgehead atoms. The molecule has 1 heterocycles. The van der Waals surface area contributed by atoms with Gasteiger partial charge in [-0.25, -0.2) is 4.39 Å². The largest absolute Gasteiger partial charge is 0.310 e. The van der Waals surface area contributed by atoms with Gasteiger partial charge in [0.15, 0.2) is 0 Å². The first-order chi connectivity index (χ1) is 9.61. The van der Waals surface area contributed by atoms with Gasteiger partial charge in [0.2, 0.25) is 0 Å². The molecule has 3 atom stereocenters. The van der Waals surface area contributed by atoms with Crippen molar-refractivity contribution in [3.05, 3.63) is 35.9 Å². The molecule has 0 aliphatic carbocycles. The van der Waals surface area contributed by atoms with Gasteiger partial charge in [-0.2, -0.15) is 0 Å². The number of alkyl halides is 1. The quantitative estimate of drug-likeness (QED) is 0.890. The molecule has 0 amide bonds. The Morgan fingerprint density at radius 1 is 1.40 bits per heavy atom. The van der Waals surface area contributed by atoms with Gasteiger partial charge in [0.25, 0.3) is 0 Å². The van der Waals surface area contributed by atoms with Crippen LogP contribution in [-0.4, -0.2) is 37.3 Å². The molecule has 0 spiro atoms. The van der Waals surface area contributed by atoms with Crippen molar-refractivity contribution < 1.29 is 4.39 Å². The van der Waals surface area contributed by atoms with Gasteiger partial charge in [0.1, 0.15) is 6.67 Å². The first-order valence-corrected chi connectivity index (χ1v) is 7.71. The van der Waals surface area contributed by atoms with E-state index in [-0.39, 0.29) is 12.2 Å². The first-order valence-electron chi connectivity index (χ1n) is 7.71. The van der Waals surface area contributed by atoms with E-state index in [0.29, 0.717) is 18.5 Å². The molecule has 1 N–H and O–H groups in total. The first kappa shape index (κ1) is 15.5. The van der Waals surface area contributed by atoms with Crippen LogP contribution in [0.15, 0.2) is 30.3 Å². The fraction of sp³-hybridized carbons (Fsp3) is 0.647. The number of hydrogen-bond acceptors (Lipinski definition) is 2. The molecule has 1 saturated heterocycles. The molecular weight excluding hydrogens is 251 g/mol. The van der Waals surface area contributed by atoms with Crippen LogP contribution in [0, 0.1) is 5.92 Å². The van der Waals surface area contributed by atoms with E-state index < -0.39 is 0 Å². The molecule has 1 aliphatic rings. The van der Waals surface area contributed by atoms with E-state index in [4.69, 9.17) is 0 Å². The van der Waals surface area contributed by atoms with Crippen molar-refractivity contribution in [1.29, 1.82) is 0 Å². The van der Waals surface area contributed by atoms with Crippen LogP contribution in [0.2, 0.25) is 0 Å². The summed E-state index contributed by atoms with van der Waals surface area (Å²) < 4.78 is 13.0. The highest BCUT2D eigenvalue weighted by atomic mass is 19.1. The molecule has 3 heteroatoms. The normalized spacial score (nSPS) is 29.3. The fourth-order valence-electron chi connectivity index (χ4n) is 3.13. The third-order valence-corrected chi connectivity index (χ3v) is 4.90. The van der Waals surface area contributed by atoms with Crippen molar-refractivity contribution in [2.75, 3.05) is 26.3 Å². The topological polar surface area (TPSA) is 15.3 Å². The van der Waals surface area contributed by atoms with Gasteiger partial charge in [-0.3, -0.25) is 4.90 Å². The van der Waals surface area contributed by atoms with Gasteiger partial charge in [0, 0.05) is 25.7 Å². The predicted octanol–water partition coefficient (Wildman–Crippen LogP) is 3.19. The Bertz CT molecular complexity index is 409. The van der Waals surface area contributed by atoms with E-state index in [1.165, 1.54) is 5.56 Å². The lowest BCUT2D eigenvalue weighted by molar-refractivity contribution is 0.0318. The second kappa shape index (κ2) is 6.68. The number of hydrogen-bond donors (Lipinski definition) is 1. The highest BCUT2D eigenvalue weighted by molar-refractivity contribution is 5.25. The Morgan fingerprint density at radius 2 is 2.10 bits per heavy atom. The summed E-state index contributed by atoms with van der Waals surface area (Å²) in [5, 5.41) is 3.68. The zero-order chi connectivity index (χ0) is 14.6. The number of piperazine rings is 1. The van der Waals surface area contributed by atoms with Crippen molar-refractivity contribution in [3.63, 3.8) is 0 Å². The van der Waals surface area contributed by atoms with Crippen LogP contribution in [0.5, 0.6) is 0 Å². The maximum absolute atomic E-state index is 13.0. The lowest BCUT2D eigenvalue weighted by Gasteiger charge is -2.49. The molecule has 1 aromatic rings. The second-order valence-electron chi connectivity index (χ2n) is 6.15. The van der Waals surface area contributed by atoms with Gasteiger partial charge in [-0.15, -0.1) is 0 Å². The highest BCUT2D eigenvalue weighted by Crippen LogP contribution is 2.31. The third kappa shape index (κ3) is 3.04. The molecule has 1 aliphatic heterocycles. The average molecular weight is 278 g/mol. The van der Waals surface area contributed by atoms with Gasteiger partial charge >= 0.3 is 0 Å². The van der Waals surface area contributed by atoms with Crippen molar-refractivity contribution in [2.24, 2.45) is 5.92 Å². The summed E-state index contributed by atoms with van der Waals surface area (Å²) in [5.74, 6) is 0.623. The summed E-state index contributed by atoms with van der Waals surface area (Å²) in [7, 11) is 0. The fourth-order valence-corrected chi connectivity index (χ4v) is 3.13. The van der Waals surface area contributed by atoms with Gasteiger partial charge in [-0.1, -0.05) is 50.6 Å². The van der Waals surface area contributed by atoms with Crippen LogP contribution in [-0.2, 0) is 5.54 Å². The summed E-state index contributed by atoms with van der Waals surface area (Å²) in [6.45, 7) is 8.75. The smallest absolute Gasteiger partial charge is 0.102 e. The standard InChI is InChI=1S/C17H27FN2/c1-4-14(2)16-12-20(11-10-18)17(3,13-19-16)15-8-6-5-7-9-15/h5-9,14,16,19H,4,10-13H2,1-3H3. The van der Waals surface area contributed by atoms with Crippen LogP contribution in [0.3, 0.4) is 0 Å². The monoisotopic (exact) mass is 278 g/mol.